The zero-order chi connectivity index (χ0) is 22.8. The molecule has 0 saturated heterocycles. The molecule has 0 N–H and O–H groups in total. The third-order valence-corrected chi connectivity index (χ3v) is 6.68. The zero-order valence-electron chi connectivity index (χ0n) is 17.7. The van der Waals surface area contributed by atoms with Crippen LogP contribution in [0.4, 0.5) is 0 Å². The number of benzene rings is 2. The fourth-order valence-corrected chi connectivity index (χ4v) is 4.45. The predicted octanol–water partition coefficient (Wildman–Crippen LogP) is 8.95. The fraction of sp³-hybridized carbons (Fsp3) is 0.107. The number of carbonyl (C=O) groups is 1. The third kappa shape index (κ3) is 5.05. The molecule has 4 aromatic rings. The quantitative estimate of drug-likeness (QED) is 0.233. The van der Waals surface area contributed by atoms with Gasteiger partial charge in [-0.2, -0.15) is 0 Å². The first-order valence-corrected chi connectivity index (χ1v) is 12.3. The van der Waals surface area contributed by atoms with E-state index in [1.165, 1.54) is 0 Å². The molecule has 33 heavy (non-hydrogen) atoms. The van der Waals surface area contributed by atoms with Crippen LogP contribution in [0.2, 0.25) is 0 Å². The number of ketones is 1. The van der Waals surface area contributed by atoms with Crippen LogP contribution >= 0.6 is 31.9 Å². The largest absolute Gasteiger partial charge is 0.457 e. The summed E-state index contributed by atoms with van der Waals surface area (Å²) in [6, 6.07) is 23.6. The van der Waals surface area contributed by atoms with Gasteiger partial charge in [0.25, 0.3) is 0 Å². The smallest absolute Gasteiger partial charge is 0.185 e. The number of furan rings is 2. The summed E-state index contributed by atoms with van der Waals surface area (Å²) < 4.78 is 14.0. The Balaban J connectivity index is 1.35. The molecule has 0 radical (unpaired) electrons. The van der Waals surface area contributed by atoms with Crippen molar-refractivity contribution in [1.82, 2.24) is 0 Å². The van der Waals surface area contributed by atoms with E-state index in [4.69, 9.17) is 8.83 Å². The molecule has 0 atom stereocenters. The lowest BCUT2D eigenvalue weighted by Crippen LogP contribution is -2.12. The van der Waals surface area contributed by atoms with Gasteiger partial charge in [-0.05, 0) is 79.9 Å². The van der Waals surface area contributed by atoms with Crippen LogP contribution in [0.25, 0.3) is 34.8 Å². The van der Waals surface area contributed by atoms with Crippen LogP contribution in [-0.4, -0.2) is 5.78 Å². The molecule has 0 unspecified atom stereocenters. The first-order valence-electron chi connectivity index (χ1n) is 10.7. The van der Waals surface area contributed by atoms with E-state index in [1.54, 1.807) is 0 Å². The number of allylic oxidation sites excluding steroid dienone is 2. The summed E-state index contributed by atoms with van der Waals surface area (Å²) in [4.78, 5) is 13.1. The Morgan fingerprint density at radius 3 is 1.45 bits per heavy atom. The molecule has 2 aromatic heterocycles. The molecule has 1 saturated carbocycles. The summed E-state index contributed by atoms with van der Waals surface area (Å²) in [7, 11) is 0. The van der Waals surface area contributed by atoms with Gasteiger partial charge in [0, 0.05) is 31.2 Å². The summed E-state index contributed by atoms with van der Waals surface area (Å²) in [5, 5.41) is 0. The highest BCUT2D eigenvalue weighted by atomic mass is 79.9. The summed E-state index contributed by atoms with van der Waals surface area (Å²) >= 11 is 6.90. The van der Waals surface area contributed by atoms with Crippen LogP contribution in [0.3, 0.4) is 0 Å². The molecule has 2 heterocycles. The van der Waals surface area contributed by atoms with Crippen molar-refractivity contribution in [2.75, 3.05) is 0 Å². The van der Waals surface area contributed by atoms with E-state index < -0.39 is 0 Å². The second kappa shape index (κ2) is 9.54. The molecule has 0 spiro atoms. The normalized spacial score (nSPS) is 16.6. The number of halogens is 2. The Hall–Kier alpha value is -2.89. The van der Waals surface area contributed by atoms with Gasteiger partial charge in [0.05, 0.1) is 0 Å². The van der Waals surface area contributed by atoms with E-state index >= 15 is 0 Å². The van der Waals surface area contributed by atoms with E-state index in [0.717, 1.165) is 62.0 Å². The van der Waals surface area contributed by atoms with Gasteiger partial charge < -0.3 is 8.83 Å². The first kappa shape index (κ1) is 21.9. The maximum atomic E-state index is 13.1. The monoisotopic (exact) mass is 562 g/mol. The van der Waals surface area contributed by atoms with Crippen molar-refractivity contribution >= 4 is 49.8 Å². The summed E-state index contributed by atoms with van der Waals surface area (Å²) in [6.07, 6.45) is 6.14. The summed E-state index contributed by atoms with van der Waals surface area (Å²) in [6.45, 7) is 0. The molecular weight excluding hydrogens is 544 g/mol. The minimum Gasteiger partial charge on any atom is -0.457 e. The molecule has 2 aromatic carbocycles. The molecule has 1 aliphatic rings. The van der Waals surface area contributed by atoms with Gasteiger partial charge in [0.15, 0.2) is 5.78 Å². The van der Waals surface area contributed by atoms with Crippen molar-refractivity contribution < 1.29 is 13.6 Å². The van der Waals surface area contributed by atoms with E-state index in [1.807, 2.05) is 84.9 Å². The lowest BCUT2D eigenvalue weighted by Gasteiger charge is -2.15. The summed E-state index contributed by atoms with van der Waals surface area (Å²) in [5.41, 5.74) is 3.53. The highest BCUT2D eigenvalue weighted by Crippen LogP contribution is 2.31. The molecule has 0 aliphatic heterocycles. The van der Waals surface area contributed by atoms with Crippen LogP contribution in [0, 0.1) is 0 Å². The molecule has 1 fully saturated rings. The van der Waals surface area contributed by atoms with Crippen LogP contribution < -0.4 is 0 Å². The highest BCUT2D eigenvalue weighted by molar-refractivity contribution is 9.10. The minimum absolute atomic E-state index is 0.0597. The van der Waals surface area contributed by atoms with Gasteiger partial charge in [0.2, 0.25) is 0 Å². The Morgan fingerprint density at radius 1 is 0.606 bits per heavy atom. The van der Waals surface area contributed by atoms with E-state index in [0.29, 0.717) is 11.5 Å². The molecular formula is C28H20Br2O3. The SMILES string of the molecule is O=C1/C(=C/c2ccc(-c3ccc(Br)cc3)o2)CCC/C1=C\c1ccc(-c2ccc(Br)cc2)o1. The van der Waals surface area contributed by atoms with Crippen LogP contribution in [0.15, 0.2) is 102 Å². The Kier molecular flexibility index (Phi) is 6.34. The number of rotatable bonds is 4. The molecule has 0 bridgehead atoms. The number of hydrogen-bond donors (Lipinski definition) is 0. The Labute approximate surface area is 209 Å². The second-order valence-corrected chi connectivity index (χ2v) is 9.77. The van der Waals surface area contributed by atoms with Crippen LogP contribution in [-0.2, 0) is 4.79 Å². The lowest BCUT2D eigenvalue weighted by atomic mass is 9.88. The van der Waals surface area contributed by atoms with Crippen molar-refractivity contribution in [2.45, 2.75) is 19.3 Å². The van der Waals surface area contributed by atoms with Crippen molar-refractivity contribution in [3.05, 3.63) is 104 Å². The summed E-state index contributed by atoms with van der Waals surface area (Å²) in [5.74, 6) is 3.00. The van der Waals surface area contributed by atoms with Crippen molar-refractivity contribution in [3.63, 3.8) is 0 Å². The fourth-order valence-electron chi connectivity index (χ4n) is 3.92. The van der Waals surface area contributed by atoms with Gasteiger partial charge in [0.1, 0.15) is 23.0 Å². The molecule has 3 nitrogen and oxygen atoms in total. The average Bonchev–Trinajstić information content (AvgIpc) is 3.48. The molecule has 5 heteroatoms. The van der Waals surface area contributed by atoms with Crippen LogP contribution in [0.1, 0.15) is 30.8 Å². The zero-order valence-corrected chi connectivity index (χ0v) is 20.9. The molecule has 0 amide bonds. The number of carbonyl (C=O) groups excluding carboxylic acids is 1. The van der Waals surface area contributed by atoms with Gasteiger partial charge in [-0.15, -0.1) is 0 Å². The Morgan fingerprint density at radius 2 is 1.03 bits per heavy atom. The minimum atomic E-state index is 0.0597. The van der Waals surface area contributed by atoms with Crippen molar-refractivity contribution in [1.29, 1.82) is 0 Å². The standard InChI is InChI=1S/C28H20Br2O3/c29-22-8-4-18(5-9-22)26-14-12-24(32-26)16-20-2-1-3-21(28(20)31)17-25-13-15-27(33-25)19-6-10-23(30)11-7-19/h4-17H,1-3H2/b20-16+,21-17+. The van der Waals surface area contributed by atoms with Gasteiger partial charge in [-0.3, -0.25) is 4.79 Å². The van der Waals surface area contributed by atoms with E-state index in [9.17, 15) is 4.79 Å². The highest BCUT2D eigenvalue weighted by Gasteiger charge is 2.21. The third-order valence-electron chi connectivity index (χ3n) is 5.62. The predicted molar refractivity (Wildman–Crippen MR) is 138 cm³/mol. The van der Waals surface area contributed by atoms with Gasteiger partial charge in [-0.25, -0.2) is 0 Å². The molecule has 5 rings (SSSR count). The molecule has 164 valence electrons. The van der Waals surface area contributed by atoms with Gasteiger partial charge >= 0.3 is 0 Å². The number of Topliss-reactive ketones (excluding diaryl/α,β-unsaturated/α-hetero) is 1. The van der Waals surface area contributed by atoms with Crippen LogP contribution in [0.5, 0.6) is 0 Å². The maximum absolute atomic E-state index is 13.1. The first-order chi connectivity index (χ1) is 16.0. The topological polar surface area (TPSA) is 43.4 Å². The maximum Gasteiger partial charge on any atom is 0.185 e. The van der Waals surface area contributed by atoms with Crippen molar-refractivity contribution in [3.8, 4) is 22.6 Å². The molecule has 1 aliphatic carbocycles. The van der Waals surface area contributed by atoms with Crippen molar-refractivity contribution in [2.24, 2.45) is 0 Å². The lowest BCUT2D eigenvalue weighted by molar-refractivity contribution is -0.112. The van der Waals surface area contributed by atoms with Gasteiger partial charge in [-0.1, -0.05) is 56.1 Å². The average molecular weight is 564 g/mol. The Bertz CT molecular complexity index is 1250. The second-order valence-electron chi connectivity index (χ2n) is 7.94. The van der Waals surface area contributed by atoms with E-state index in [-0.39, 0.29) is 5.78 Å². The number of hydrogen-bond acceptors (Lipinski definition) is 3. The van der Waals surface area contributed by atoms with E-state index in [2.05, 4.69) is 31.9 Å².